The van der Waals surface area contributed by atoms with Gasteiger partial charge in [0.25, 0.3) is 11.1 Å². The van der Waals surface area contributed by atoms with E-state index in [0.717, 1.165) is 22.2 Å². The topological polar surface area (TPSA) is 87.1 Å². The predicted octanol–water partition coefficient (Wildman–Crippen LogP) is 3.52. The third-order valence-electron chi connectivity index (χ3n) is 3.78. The van der Waals surface area contributed by atoms with Crippen LogP contribution in [0.3, 0.4) is 0 Å². The van der Waals surface area contributed by atoms with Crippen LogP contribution in [-0.2, 0) is 4.79 Å². The summed E-state index contributed by atoms with van der Waals surface area (Å²) < 4.78 is 5.57. The van der Waals surface area contributed by atoms with Gasteiger partial charge in [0.2, 0.25) is 0 Å². The van der Waals surface area contributed by atoms with Crippen LogP contribution < -0.4 is 4.74 Å². The molecule has 2 N–H and O–H groups in total. The monoisotopic (exact) mass is 371 g/mol. The van der Waals surface area contributed by atoms with Gasteiger partial charge in [-0.3, -0.25) is 14.5 Å². The fourth-order valence-electron chi connectivity index (χ4n) is 2.36. The normalized spacial score (nSPS) is 15.7. The first-order valence-corrected chi connectivity index (χ1v) is 8.72. The molecule has 2 amide bonds. The van der Waals surface area contributed by atoms with E-state index in [2.05, 4.69) is 0 Å². The number of aromatic hydroxyl groups is 2. The second kappa shape index (κ2) is 7.53. The molecule has 0 aromatic heterocycles. The van der Waals surface area contributed by atoms with E-state index in [4.69, 9.17) is 4.74 Å². The average molecular weight is 371 g/mol. The zero-order chi connectivity index (χ0) is 18.7. The zero-order valence-corrected chi connectivity index (χ0v) is 14.8. The Morgan fingerprint density at radius 3 is 2.50 bits per heavy atom. The van der Waals surface area contributed by atoms with Crippen molar-refractivity contribution in [3.8, 4) is 17.2 Å². The number of thioether (sulfide) groups is 1. The summed E-state index contributed by atoms with van der Waals surface area (Å²) in [6.07, 6.45) is 1.50. The number of carbonyl (C=O) groups is 2. The lowest BCUT2D eigenvalue weighted by molar-refractivity contribution is -0.123. The number of hydrogen-bond donors (Lipinski definition) is 2. The first-order chi connectivity index (χ1) is 12.4. The molecule has 1 fully saturated rings. The number of amides is 2. The quantitative estimate of drug-likeness (QED) is 0.618. The molecule has 0 radical (unpaired) electrons. The van der Waals surface area contributed by atoms with E-state index in [1.165, 1.54) is 18.2 Å². The summed E-state index contributed by atoms with van der Waals surface area (Å²) in [4.78, 5) is 25.9. The van der Waals surface area contributed by atoms with Crippen molar-refractivity contribution in [1.82, 2.24) is 4.90 Å². The van der Waals surface area contributed by atoms with Crippen molar-refractivity contribution in [3.05, 3.63) is 58.5 Å². The maximum absolute atomic E-state index is 12.4. The first kappa shape index (κ1) is 17.9. The maximum atomic E-state index is 12.4. The molecule has 0 spiro atoms. The van der Waals surface area contributed by atoms with Gasteiger partial charge in [-0.25, -0.2) is 0 Å². The predicted molar refractivity (Wildman–Crippen MR) is 99.1 cm³/mol. The van der Waals surface area contributed by atoms with Crippen LogP contribution >= 0.6 is 11.8 Å². The van der Waals surface area contributed by atoms with Crippen LogP contribution in [0.1, 0.15) is 11.1 Å². The van der Waals surface area contributed by atoms with E-state index >= 15 is 0 Å². The summed E-state index contributed by atoms with van der Waals surface area (Å²) >= 11 is 0.834. The van der Waals surface area contributed by atoms with E-state index in [1.807, 2.05) is 31.2 Å². The molecular formula is C19H17NO5S. The van der Waals surface area contributed by atoms with E-state index in [0.29, 0.717) is 11.3 Å². The molecule has 2 aromatic rings. The lowest BCUT2D eigenvalue weighted by atomic mass is 10.2. The molecule has 1 aliphatic heterocycles. The Hall–Kier alpha value is -2.93. The van der Waals surface area contributed by atoms with Gasteiger partial charge in [0.05, 0.1) is 11.4 Å². The highest BCUT2D eigenvalue weighted by Crippen LogP contribution is 2.33. The molecule has 3 rings (SSSR count). The fraction of sp³-hybridized carbons (Fsp3) is 0.158. The van der Waals surface area contributed by atoms with Crippen LogP contribution in [-0.4, -0.2) is 39.4 Å². The maximum Gasteiger partial charge on any atom is 0.293 e. The van der Waals surface area contributed by atoms with E-state index in [1.54, 1.807) is 6.07 Å². The molecule has 0 bridgehead atoms. The molecule has 0 unspecified atom stereocenters. The third-order valence-corrected chi connectivity index (χ3v) is 4.68. The minimum atomic E-state index is -0.403. The van der Waals surface area contributed by atoms with Gasteiger partial charge in [0.1, 0.15) is 12.4 Å². The smallest absolute Gasteiger partial charge is 0.293 e. The van der Waals surface area contributed by atoms with Crippen molar-refractivity contribution in [3.63, 3.8) is 0 Å². The minimum Gasteiger partial charge on any atom is -0.504 e. The fourth-order valence-corrected chi connectivity index (χ4v) is 3.23. The number of rotatable bonds is 5. The van der Waals surface area contributed by atoms with Gasteiger partial charge in [-0.05, 0) is 54.6 Å². The number of imide groups is 1. The van der Waals surface area contributed by atoms with Crippen molar-refractivity contribution in [2.24, 2.45) is 0 Å². The molecule has 1 saturated heterocycles. The number of benzene rings is 2. The summed E-state index contributed by atoms with van der Waals surface area (Å²) in [5.41, 5.74) is 1.63. The Kier molecular flexibility index (Phi) is 5.18. The largest absolute Gasteiger partial charge is 0.504 e. The van der Waals surface area contributed by atoms with Gasteiger partial charge in [0.15, 0.2) is 11.5 Å². The lowest BCUT2D eigenvalue weighted by Gasteiger charge is -2.13. The number of nitrogens with zero attached hydrogens (tertiary/aromatic N) is 1. The molecule has 0 atom stereocenters. The van der Waals surface area contributed by atoms with Gasteiger partial charge in [-0.15, -0.1) is 0 Å². The summed E-state index contributed by atoms with van der Waals surface area (Å²) in [5, 5.41) is 18.5. The molecule has 0 saturated carbocycles. The number of phenolic OH excluding ortho intramolecular Hbond substituents is 2. The highest BCUT2D eigenvalue weighted by molar-refractivity contribution is 8.18. The summed E-state index contributed by atoms with van der Waals surface area (Å²) in [6.45, 7) is 2.33. The zero-order valence-electron chi connectivity index (χ0n) is 14.0. The first-order valence-electron chi connectivity index (χ1n) is 7.91. The minimum absolute atomic E-state index is 0.150. The van der Waals surface area contributed by atoms with E-state index in [9.17, 15) is 19.8 Å². The summed E-state index contributed by atoms with van der Waals surface area (Å²) in [5.74, 6) is -0.259. The van der Waals surface area contributed by atoms with E-state index in [-0.39, 0.29) is 34.8 Å². The lowest BCUT2D eigenvalue weighted by Crippen LogP contribution is -2.32. The van der Waals surface area contributed by atoms with Gasteiger partial charge in [-0.1, -0.05) is 23.8 Å². The van der Waals surface area contributed by atoms with Crippen molar-refractivity contribution >= 4 is 29.0 Å². The van der Waals surface area contributed by atoms with E-state index < -0.39 is 5.91 Å². The third kappa shape index (κ3) is 4.00. The molecular weight excluding hydrogens is 354 g/mol. The second-order valence-corrected chi connectivity index (χ2v) is 6.74. The Morgan fingerprint density at radius 2 is 1.81 bits per heavy atom. The number of phenols is 2. The van der Waals surface area contributed by atoms with Crippen molar-refractivity contribution < 1.29 is 24.5 Å². The van der Waals surface area contributed by atoms with Crippen LogP contribution in [0.4, 0.5) is 4.79 Å². The number of ether oxygens (including phenoxy) is 1. The Balaban J connectivity index is 1.63. The van der Waals surface area contributed by atoms with Crippen LogP contribution in [0.15, 0.2) is 47.4 Å². The number of carbonyl (C=O) groups excluding carboxylic acids is 2. The van der Waals surface area contributed by atoms with Gasteiger partial charge >= 0.3 is 0 Å². The van der Waals surface area contributed by atoms with Crippen molar-refractivity contribution in [2.45, 2.75) is 6.92 Å². The summed E-state index contributed by atoms with van der Waals surface area (Å²) in [7, 11) is 0. The molecule has 1 aliphatic rings. The molecule has 0 aliphatic carbocycles. The molecule has 1 heterocycles. The molecule has 6 nitrogen and oxygen atoms in total. The van der Waals surface area contributed by atoms with Gasteiger partial charge in [0, 0.05) is 0 Å². The average Bonchev–Trinajstić information content (AvgIpc) is 2.87. The Bertz CT molecular complexity index is 876. The van der Waals surface area contributed by atoms with Crippen LogP contribution in [0, 0.1) is 6.92 Å². The Morgan fingerprint density at radius 1 is 1.08 bits per heavy atom. The molecule has 26 heavy (non-hydrogen) atoms. The van der Waals surface area contributed by atoms with Crippen LogP contribution in [0.25, 0.3) is 6.08 Å². The van der Waals surface area contributed by atoms with Gasteiger partial charge < -0.3 is 14.9 Å². The molecule has 134 valence electrons. The second-order valence-electron chi connectivity index (χ2n) is 5.74. The van der Waals surface area contributed by atoms with Crippen molar-refractivity contribution in [2.75, 3.05) is 13.2 Å². The standard InChI is InChI=1S/C19H17NO5S/c1-12-2-5-14(6-3-12)25-9-8-20-18(23)17(26-19(20)24)11-13-4-7-15(21)16(22)10-13/h2-7,10-11,21-22H,8-9H2,1H3/b17-11-. The SMILES string of the molecule is Cc1ccc(OCCN2C(=O)S/C(=C\c3ccc(O)c(O)c3)C2=O)cc1. The van der Waals surface area contributed by atoms with Crippen LogP contribution in [0.2, 0.25) is 0 Å². The molecule has 2 aromatic carbocycles. The van der Waals surface area contributed by atoms with Crippen molar-refractivity contribution in [1.29, 1.82) is 0 Å². The Labute approximate surface area is 154 Å². The highest BCUT2D eigenvalue weighted by atomic mass is 32.2. The molecule has 7 heteroatoms. The van der Waals surface area contributed by atoms with Crippen LogP contribution in [0.5, 0.6) is 17.2 Å². The summed E-state index contributed by atoms with van der Waals surface area (Å²) in [6, 6.07) is 11.7. The highest BCUT2D eigenvalue weighted by Gasteiger charge is 2.34. The number of hydrogen-bond acceptors (Lipinski definition) is 6. The number of aryl methyl sites for hydroxylation is 1. The van der Waals surface area contributed by atoms with Gasteiger partial charge in [-0.2, -0.15) is 0 Å².